The van der Waals surface area contributed by atoms with Crippen molar-refractivity contribution in [2.45, 2.75) is 58.0 Å². The molecule has 110 valence electrons. The first-order valence-corrected chi connectivity index (χ1v) is 6.40. The molecule has 0 spiro atoms. The summed E-state index contributed by atoms with van der Waals surface area (Å²) >= 11 is 0. The molecule has 0 radical (unpaired) electrons. The Hall–Kier alpha value is -1.79. The summed E-state index contributed by atoms with van der Waals surface area (Å²) in [5, 5.41) is 13.9. The van der Waals surface area contributed by atoms with Crippen molar-refractivity contribution in [2.75, 3.05) is 0 Å². The lowest BCUT2D eigenvalue weighted by molar-refractivity contribution is -0.140. The van der Waals surface area contributed by atoms with E-state index in [9.17, 15) is 14.4 Å². The van der Waals surface area contributed by atoms with Crippen LogP contribution in [0, 0.1) is 0 Å². The summed E-state index contributed by atoms with van der Waals surface area (Å²) in [5.41, 5.74) is 4.58. The summed E-state index contributed by atoms with van der Waals surface area (Å²) in [6.45, 7) is 5.85. The van der Waals surface area contributed by atoms with Gasteiger partial charge in [-0.25, -0.2) is 9.59 Å². The van der Waals surface area contributed by atoms with Crippen molar-refractivity contribution in [1.29, 1.82) is 0 Å². The summed E-state index contributed by atoms with van der Waals surface area (Å²) in [6.07, 6.45) is 1.78. The van der Waals surface area contributed by atoms with E-state index in [1.807, 2.05) is 20.8 Å². The molecule has 0 saturated heterocycles. The Bertz CT molecular complexity index is 332. The van der Waals surface area contributed by atoms with Crippen LogP contribution in [0.3, 0.4) is 0 Å². The van der Waals surface area contributed by atoms with Crippen LogP contribution in [0.4, 0.5) is 4.79 Å². The highest BCUT2D eigenvalue weighted by molar-refractivity contribution is 5.87. The normalized spacial score (nSPS) is 12.6. The number of carboxylic acid groups (broad SMARTS) is 1. The predicted molar refractivity (Wildman–Crippen MR) is 70.5 cm³/mol. The highest BCUT2D eigenvalue weighted by Crippen LogP contribution is 2.18. The molecule has 19 heavy (non-hydrogen) atoms. The number of amides is 3. The number of nitrogens with two attached hydrogens (primary N) is 1. The molecule has 0 aliphatic carbocycles. The summed E-state index contributed by atoms with van der Waals surface area (Å²) < 4.78 is 0. The molecular weight excluding hydrogens is 250 g/mol. The van der Waals surface area contributed by atoms with Crippen LogP contribution in [0.15, 0.2) is 0 Å². The third-order valence-corrected chi connectivity index (χ3v) is 3.42. The van der Waals surface area contributed by atoms with Gasteiger partial charge in [0, 0.05) is 5.54 Å². The van der Waals surface area contributed by atoms with E-state index < -0.39 is 30.4 Å². The molecule has 0 aromatic rings. The fraction of sp³-hybridized carbons (Fsp3) is 0.750. The Morgan fingerprint density at radius 2 is 1.63 bits per heavy atom. The van der Waals surface area contributed by atoms with E-state index >= 15 is 0 Å². The fourth-order valence-electron chi connectivity index (χ4n) is 1.85. The molecule has 7 heteroatoms. The maximum Gasteiger partial charge on any atom is 0.326 e. The van der Waals surface area contributed by atoms with Crippen molar-refractivity contribution in [3.05, 3.63) is 0 Å². The number of carboxylic acids is 1. The lowest BCUT2D eigenvalue weighted by atomic mass is 9.90. The second-order valence-electron chi connectivity index (χ2n) is 4.50. The number of urea groups is 1. The van der Waals surface area contributed by atoms with Crippen LogP contribution in [0.25, 0.3) is 0 Å². The largest absolute Gasteiger partial charge is 0.480 e. The minimum atomic E-state index is -1.30. The Morgan fingerprint density at radius 3 is 1.95 bits per heavy atom. The van der Waals surface area contributed by atoms with Crippen LogP contribution in [0.5, 0.6) is 0 Å². The third kappa shape index (κ3) is 5.58. The minimum absolute atomic E-state index is 0.361. The van der Waals surface area contributed by atoms with Crippen molar-refractivity contribution >= 4 is 17.9 Å². The van der Waals surface area contributed by atoms with Crippen LogP contribution in [-0.2, 0) is 9.59 Å². The molecule has 0 aromatic heterocycles. The molecular formula is C12H23N3O4. The number of rotatable bonds is 8. The second kappa shape index (κ2) is 7.60. The molecule has 0 aliphatic heterocycles. The van der Waals surface area contributed by atoms with Crippen molar-refractivity contribution < 1.29 is 19.5 Å². The number of carbonyl (C=O) groups is 3. The van der Waals surface area contributed by atoms with Gasteiger partial charge in [-0.1, -0.05) is 20.8 Å². The van der Waals surface area contributed by atoms with Crippen molar-refractivity contribution in [1.82, 2.24) is 10.6 Å². The van der Waals surface area contributed by atoms with Crippen molar-refractivity contribution in [3.8, 4) is 0 Å². The quantitative estimate of drug-likeness (QED) is 0.516. The molecule has 1 atom stereocenters. The molecule has 5 N–H and O–H groups in total. The van der Waals surface area contributed by atoms with Gasteiger partial charge in [-0.15, -0.1) is 0 Å². The Labute approximate surface area is 112 Å². The summed E-state index contributed by atoms with van der Waals surface area (Å²) in [4.78, 5) is 33.4. The molecule has 0 saturated carbocycles. The molecule has 3 amide bonds. The van der Waals surface area contributed by atoms with E-state index in [1.165, 1.54) is 0 Å². The Morgan fingerprint density at radius 1 is 1.16 bits per heavy atom. The van der Waals surface area contributed by atoms with E-state index in [0.29, 0.717) is 0 Å². The highest BCUT2D eigenvalue weighted by Gasteiger charge is 2.28. The van der Waals surface area contributed by atoms with Gasteiger partial charge in [0.15, 0.2) is 0 Å². The molecule has 1 unspecified atom stereocenters. The number of hydrogen-bond donors (Lipinski definition) is 4. The van der Waals surface area contributed by atoms with Crippen LogP contribution >= 0.6 is 0 Å². The van der Waals surface area contributed by atoms with Crippen molar-refractivity contribution in [2.24, 2.45) is 5.73 Å². The average molecular weight is 273 g/mol. The predicted octanol–water partition coefficient (Wildman–Crippen LogP) is 0.583. The molecule has 0 bridgehead atoms. The third-order valence-electron chi connectivity index (χ3n) is 3.42. The van der Waals surface area contributed by atoms with E-state index in [-0.39, 0.29) is 5.54 Å². The smallest absolute Gasteiger partial charge is 0.326 e. The number of carbonyl (C=O) groups excluding carboxylic acids is 2. The molecule has 0 rings (SSSR count). The Kier molecular flexibility index (Phi) is 6.89. The van der Waals surface area contributed by atoms with Gasteiger partial charge >= 0.3 is 12.0 Å². The second-order valence-corrected chi connectivity index (χ2v) is 4.50. The van der Waals surface area contributed by atoms with Gasteiger partial charge in [0.05, 0.1) is 6.42 Å². The highest BCUT2D eigenvalue weighted by atomic mass is 16.4. The lowest BCUT2D eigenvalue weighted by Crippen LogP contribution is -2.55. The maximum absolute atomic E-state index is 11.8. The summed E-state index contributed by atoms with van der Waals surface area (Å²) in [7, 11) is 0. The number of nitrogens with one attached hydrogen (secondary N) is 2. The minimum Gasteiger partial charge on any atom is -0.480 e. The topological polar surface area (TPSA) is 122 Å². The molecule has 0 heterocycles. The molecule has 7 nitrogen and oxygen atoms in total. The van der Waals surface area contributed by atoms with Crippen molar-refractivity contribution in [3.63, 3.8) is 0 Å². The zero-order valence-electron chi connectivity index (χ0n) is 11.7. The first-order valence-electron chi connectivity index (χ1n) is 6.40. The van der Waals surface area contributed by atoms with Crippen LogP contribution in [0.1, 0.15) is 46.5 Å². The zero-order chi connectivity index (χ0) is 15.1. The van der Waals surface area contributed by atoms with E-state index in [0.717, 1.165) is 19.3 Å². The lowest BCUT2D eigenvalue weighted by Gasteiger charge is -2.32. The Balaban J connectivity index is 4.65. The molecule has 0 aromatic carbocycles. The molecule has 0 fully saturated rings. The maximum atomic E-state index is 11.8. The van der Waals surface area contributed by atoms with Gasteiger partial charge in [-0.3, -0.25) is 4.79 Å². The molecule has 0 aliphatic rings. The van der Waals surface area contributed by atoms with Gasteiger partial charge in [-0.2, -0.15) is 0 Å². The number of hydrogen-bond acceptors (Lipinski definition) is 3. The van der Waals surface area contributed by atoms with Gasteiger partial charge < -0.3 is 21.5 Å². The van der Waals surface area contributed by atoms with Crippen LogP contribution in [0.2, 0.25) is 0 Å². The van der Waals surface area contributed by atoms with Gasteiger partial charge in [0.25, 0.3) is 0 Å². The summed E-state index contributed by atoms with van der Waals surface area (Å²) in [5.74, 6) is -2.07. The average Bonchev–Trinajstić information content (AvgIpc) is 2.34. The van der Waals surface area contributed by atoms with Gasteiger partial charge in [0.1, 0.15) is 6.04 Å². The SMILES string of the molecule is CCC(CC)(CC)NC(=O)NC(CC(N)=O)C(=O)O. The zero-order valence-corrected chi connectivity index (χ0v) is 11.7. The van der Waals surface area contributed by atoms with E-state index in [2.05, 4.69) is 10.6 Å². The monoisotopic (exact) mass is 273 g/mol. The number of aliphatic carboxylic acids is 1. The van der Waals surface area contributed by atoms with E-state index in [4.69, 9.17) is 10.8 Å². The van der Waals surface area contributed by atoms with Gasteiger partial charge in [-0.05, 0) is 19.3 Å². The van der Waals surface area contributed by atoms with E-state index in [1.54, 1.807) is 0 Å². The summed E-state index contributed by atoms with van der Waals surface area (Å²) in [6, 6.07) is -1.90. The van der Waals surface area contributed by atoms with Gasteiger partial charge in [0.2, 0.25) is 5.91 Å². The first kappa shape index (κ1) is 17.2. The standard InChI is InChI=1S/C12H23N3O4/c1-4-12(5-2,6-3)15-11(19)14-8(10(17)18)7-9(13)16/h8H,4-7H2,1-3H3,(H2,13,16)(H,17,18)(H2,14,15,19). The van der Waals surface area contributed by atoms with Crippen LogP contribution in [-0.4, -0.2) is 34.6 Å². The van der Waals surface area contributed by atoms with Crippen LogP contribution < -0.4 is 16.4 Å². The first-order chi connectivity index (χ1) is 8.80. The fourth-order valence-corrected chi connectivity index (χ4v) is 1.85. The number of primary amides is 1.